The van der Waals surface area contributed by atoms with Crippen LogP contribution in [0.4, 0.5) is 0 Å². The van der Waals surface area contributed by atoms with Crippen molar-refractivity contribution in [1.82, 2.24) is 0 Å². The van der Waals surface area contributed by atoms with Crippen molar-refractivity contribution in [3.8, 4) is 0 Å². The SMILES string of the molecule is CCC/C=C/C(=C\N)c1ccc(C(C)N)cc1. The van der Waals surface area contributed by atoms with Crippen LogP contribution < -0.4 is 11.5 Å². The van der Waals surface area contributed by atoms with Crippen LogP contribution in [0.2, 0.25) is 0 Å². The molecule has 0 saturated carbocycles. The summed E-state index contributed by atoms with van der Waals surface area (Å²) in [5.74, 6) is 0. The number of allylic oxidation sites excluding steroid dienone is 3. The lowest BCUT2D eigenvalue weighted by molar-refractivity contribution is 0.818. The first kappa shape index (κ1) is 13.5. The standard InChI is InChI=1S/C15H22N2/c1-3-4-5-6-15(11-16)14-9-7-13(8-10-14)12(2)17/h5-12H,3-4,16-17H2,1-2H3/b6-5+,15-11+. The second-order valence-corrected chi connectivity index (χ2v) is 4.22. The molecule has 0 aliphatic heterocycles. The molecule has 0 saturated heterocycles. The summed E-state index contributed by atoms with van der Waals surface area (Å²) in [6.07, 6.45) is 8.10. The van der Waals surface area contributed by atoms with Gasteiger partial charge >= 0.3 is 0 Å². The molecule has 1 atom stereocenters. The predicted molar refractivity (Wildman–Crippen MR) is 75.3 cm³/mol. The Morgan fingerprint density at radius 2 is 1.94 bits per heavy atom. The Hall–Kier alpha value is -1.54. The highest BCUT2D eigenvalue weighted by atomic mass is 14.6. The fraction of sp³-hybridized carbons (Fsp3) is 0.333. The van der Waals surface area contributed by atoms with Crippen LogP contribution in [0.15, 0.2) is 42.6 Å². The fourth-order valence-electron chi connectivity index (χ4n) is 1.60. The molecule has 0 heterocycles. The van der Waals surface area contributed by atoms with Crippen molar-refractivity contribution in [2.45, 2.75) is 32.7 Å². The van der Waals surface area contributed by atoms with E-state index in [9.17, 15) is 0 Å². The number of benzene rings is 1. The van der Waals surface area contributed by atoms with Gasteiger partial charge in [-0.15, -0.1) is 0 Å². The molecule has 2 nitrogen and oxygen atoms in total. The van der Waals surface area contributed by atoms with E-state index in [-0.39, 0.29) is 6.04 Å². The number of nitrogens with two attached hydrogens (primary N) is 2. The molecule has 92 valence electrons. The van der Waals surface area contributed by atoms with E-state index in [1.807, 2.05) is 6.92 Å². The first-order valence-electron chi connectivity index (χ1n) is 6.13. The minimum atomic E-state index is 0.0741. The van der Waals surface area contributed by atoms with E-state index in [1.54, 1.807) is 6.20 Å². The number of unbranched alkanes of at least 4 members (excludes halogenated alkanes) is 1. The van der Waals surface area contributed by atoms with Crippen LogP contribution >= 0.6 is 0 Å². The molecule has 1 unspecified atom stereocenters. The van der Waals surface area contributed by atoms with Crippen molar-refractivity contribution >= 4 is 5.57 Å². The molecule has 0 aliphatic carbocycles. The summed E-state index contributed by atoms with van der Waals surface area (Å²) in [7, 11) is 0. The second-order valence-electron chi connectivity index (χ2n) is 4.22. The molecular formula is C15H22N2. The van der Waals surface area contributed by atoms with Crippen molar-refractivity contribution in [3.05, 3.63) is 53.7 Å². The van der Waals surface area contributed by atoms with Crippen LogP contribution in [-0.2, 0) is 0 Å². The normalized spacial score (nSPS) is 14.2. The highest BCUT2D eigenvalue weighted by Gasteiger charge is 2.00. The van der Waals surface area contributed by atoms with Crippen LogP contribution in [0.5, 0.6) is 0 Å². The summed E-state index contributed by atoms with van der Waals surface area (Å²) in [4.78, 5) is 0. The number of hydrogen-bond acceptors (Lipinski definition) is 2. The number of rotatable bonds is 5. The van der Waals surface area contributed by atoms with E-state index in [0.29, 0.717) is 0 Å². The van der Waals surface area contributed by atoms with Crippen LogP contribution in [0.3, 0.4) is 0 Å². The third-order valence-electron chi connectivity index (χ3n) is 2.70. The molecule has 1 rings (SSSR count). The maximum atomic E-state index is 5.82. The van der Waals surface area contributed by atoms with Crippen molar-refractivity contribution in [3.63, 3.8) is 0 Å². The topological polar surface area (TPSA) is 52.0 Å². The van der Waals surface area contributed by atoms with E-state index < -0.39 is 0 Å². The van der Waals surface area contributed by atoms with Gasteiger partial charge in [0.15, 0.2) is 0 Å². The summed E-state index contributed by atoms with van der Waals surface area (Å²) in [6, 6.07) is 8.31. The highest BCUT2D eigenvalue weighted by molar-refractivity contribution is 5.73. The summed E-state index contributed by atoms with van der Waals surface area (Å²) in [5.41, 5.74) is 14.8. The van der Waals surface area contributed by atoms with Crippen LogP contribution in [0.25, 0.3) is 5.57 Å². The lowest BCUT2D eigenvalue weighted by Crippen LogP contribution is -2.04. The maximum absolute atomic E-state index is 5.82. The third kappa shape index (κ3) is 4.08. The fourth-order valence-corrected chi connectivity index (χ4v) is 1.60. The molecule has 17 heavy (non-hydrogen) atoms. The van der Waals surface area contributed by atoms with Gasteiger partial charge in [-0.1, -0.05) is 49.8 Å². The first-order valence-corrected chi connectivity index (χ1v) is 6.13. The van der Waals surface area contributed by atoms with E-state index in [2.05, 4.69) is 43.3 Å². The van der Waals surface area contributed by atoms with E-state index in [1.165, 1.54) is 0 Å². The Bertz CT molecular complexity index is 386. The average Bonchev–Trinajstić information content (AvgIpc) is 2.35. The molecule has 0 amide bonds. The van der Waals surface area contributed by atoms with Gasteiger partial charge in [-0.05, 0) is 30.0 Å². The highest BCUT2D eigenvalue weighted by Crippen LogP contribution is 2.18. The molecule has 0 bridgehead atoms. The minimum absolute atomic E-state index is 0.0741. The van der Waals surface area contributed by atoms with Crippen molar-refractivity contribution in [2.75, 3.05) is 0 Å². The number of hydrogen-bond donors (Lipinski definition) is 2. The summed E-state index contributed by atoms with van der Waals surface area (Å²) >= 11 is 0. The molecule has 4 N–H and O–H groups in total. The molecule has 0 aromatic heterocycles. The van der Waals surface area contributed by atoms with Gasteiger partial charge in [0.2, 0.25) is 0 Å². The lowest BCUT2D eigenvalue weighted by atomic mass is 10.0. The molecule has 0 aliphatic rings. The average molecular weight is 230 g/mol. The zero-order chi connectivity index (χ0) is 12.7. The molecule has 0 radical (unpaired) electrons. The van der Waals surface area contributed by atoms with E-state index in [4.69, 9.17) is 11.5 Å². The Morgan fingerprint density at radius 3 is 2.41 bits per heavy atom. The van der Waals surface area contributed by atoms with Gasteiger partial charge in [0, 0.05) is 12.2 Å². The third-order valence-corrected chi connectivity index (χ3v) is 2.70. The summed E-state index contributed by atoms with van der Waals surface area (Å²) < 4.78 is 0. The van der Waals surface area contributed by atoms with Crippen molar-refractivity contribution in [2.24, 2.45) is 11.5 Å². The Kier molecular flexibility index (Phi) is 5.50. The van der Waals surface area contributed by atoms with Crippen LogP contribution in [0.1, 0.15) is 43.9 Å². The smallest absolute Gasteiger partial charge is 0.0266 e. The van der Waals surface area contributed by atoms with Gasteiger partial charge < -0.3 is 11.5 Å². The molecule has 1 aromatic carbocycles. The van der Waals surface area contributed by atoms with Gasteiger partial charge in [-0.3, -0.25) is 0 Å². The minimum Gasteiger partial charge on any atom is -0.404 e. The molecule has 0 fully saturated rings. The lowest BCUT2D eigenvalue weighted by Gasteiger charge is -2.07. The predicted octanol–water partition coefficient (Wildman–Crippen LogP) is 3.36. The Labute approximate surface area is 104 Å². The van der Waals surface area contributed by atoms with E-state index >= 15 is 0 Å². The molecular weight excluding hydrogens is 208 g/mol. The van der Waals surface area contributed by atoms with Gasteiger partial charge in [0.25, 0.3) is 0 Å². The zero-order valence-electron chi connectivity index (χ0n) is 10.7. The Morgan fingerprint density at radius 1 is 1.29 bits per heavy atom. The van der Waals surface area contributed by atoms with Crippen molar-refractivity contribution in [1.29, 1.82) is 0 Å². The molecule has 2 heteroatoms. The zero-order valence-corrected chi connectivity index (χ0v) is 10.7. The quantitative estimate of drug-likeness (QED) is 0.762. The van der Waals surface area contributed by atoms with Gasteiger partial charge in [0.1, 0.15) is 0 Å². The van der Waals surface area contributed by atoms with E-state index in [0.717, 1.165) is 29.5 Å². The molecule has 0 spiro atoms. The van der Waals surface area contributed by atoms with Gasteiger partial charge in [0.05, 0.1) is 0 Å². The van der Waals surface area contributed by atoms with Gasteiger partial charge in [-0.25, -0.2) is 0 Å². The molecule has 1 aromatic rings. The van der Waals surface area contributed by atoms with Gasteiger partial charge in [-0.2, -0.15) is 0 Å². The van der Waals surface area contributed by atoms with Crippen LogP contribution in [-0.4, -0.2) is 0 Å². The largest absolute Gasteiger partial charge is 0.404 e. The van der Waals surface area contributed by atoms with Crippen molar-refractivity contribution < 1.29 is 0 Å². The monoisotopic (exact) mass is 230 g/mol. The Balaban J connectivity index is 2.83. The summed E-state index contributed by atoms with van der Waals surface area (Å²) in [5, 5.41) is 0. The second kappa shape index (κ2) is 6.92. The first-order chi connectivity index (χ1) is 8.19. The van der Waals surface area contributed by atoms with Crippen LogP contribution in [0, 0.1) is 0 Å². The summed E-state index contributed by atoms with van der Waals surface area (Å²) in [6.45, 7) is 4.14. The maximum Gasteiger partial charge on any atom is 0.0266 e.